The number of thiazole rings is 1. The molecule has 0 atom stereocenters. The van der Waals surface area contributed by atoms with Crippen molar-refractivity contribution in [3.05, 3.63) is 83.7 Å². The van der Waals surface area contributed by atoms with Gasteiger partial charge in [-0.25, -0.2) is 4.98 Å². The molecule has 2 aromatic carbocycles. The molecular formula is C24H23N3OS2. The molecule has 0 saturated carbocycles. The number of hydrogen-bond acceptors (Lipinski definition) is 5. The predicted octanol–water partition coefficient (Wildman–Crippen LogP) is 5.89. The molecule has 4 rings (SSSR count). The van der Waals surface area contributed by atoms with Crippen LogP contribution in [0.3, 0.4) is 0 Å². The van der Waals surface area contributed by atoms with E-state index in [2.05, 4.69) is 61.3 Å². The number of thioether (sulfide) groups is 1. The van der Waals surface area contributed by atoms with Gasteiger partial charge in [0.2, 0.25) is 5.91 Å². The first-order chi connectivity index (χ1) is 14.6. The van der Waals surface area contributed by atoms with Gasteiger partial charge < -0.3 is 0 Å². The van der Waals surface area contributed by atoms with Crippen molar-refractivity contribution in [2.75, 3.05) is 10.7 Å². The highest BCUT2D eigenvalue weighted by Crippen LogP contribution is 2.32. The molecule has 0 fully saturated rings. The van der Waals surface area contributed by atoms with Crippen molar-refractivity contribution < 1.29 is 4.79 Å². The summed E-state index contributed by atoms with van der Waals surface area (Å²) in [5, 5.41) is 0.728. The Bertz CT molecular complexity index is 1140. The highest BCUT2D eigenvalue weighted by atomic mass is 32.2. The van der Waals surface area contributed by atoms with Gasteiger partial charge in [-0.2, -0.15) is 0 Å². The molecule has 30 heavy (non-hydrogen) atoms. The van der Waals surface area contributed by atoms with E-state index in [0.717, 1.165) is 32.4 Å². The van der Waals surface area contributed by atoms with Crippen LogP contribution < -0.4 is 4.90 Å². The van der Waals surface area contributed by atoms with Crippen LogP contribution in [0.25, 0.3) is 10.2 Å². The quantitative estimate of drug-likeness (QED) is 0.341. The molecule has 0 N–H and O–H groups in total. The van der Waals surface area contributed by atoms with Gasteiger partial charge in [-0.05, 0) is 49.2 Å². The third-order valence-corrected chi connectivity index (χ3v) is 6.87. The Kier molecular flexibility index (Phi) is 6.45. The van der Waals surface area contributed by atoms with Gasteiger partial charge in [0.05, 0.1) is 28.2 Å². The molecule has 4 aromatic rings. The average Bonchev–Trinajstić information content (AvgIpc) is 3.21. The molecular weight excluding hydrogens is 410 g/mol. The number of carbonyl (C=O) groups excluding carboxylic acids is 1. The number of rotatable bonds is 7. The van der Waals surface area contributed by atoms with E-state index in [1.54, 1.807) is 34.2 Å². The Balaban J connectivity index is 1.62. The van der Waals surface area contributed by atoms with Crippen LogP contribution in [-0.4, -0.2) is 21.6 Å². The molecule has 0 aliphatic rings. The van der Waals surface area contributed by atoms with Crippen molar-refractivity contribution in [3.8, 4) is 0 Å². The zero-order valence-corrected chi connectivity index (χ0v) is 18.7. The van der Waals surface area contributed by atoms with Crippen LogP contribution in [0.5, 0.6) is 0 Å². The third kappa shape index (κ3) is 4.71. The minimum atomic E-state index is 0.0309. The summed E-state index contributed by atoms with van der Waals surface area (Å²) in [6.07, 6.45) is 2.67. The summed E-state index contributed by atoms with van der Waals surface area (Å²) in [4.78, 5) is 25.4. The van der Waals surface area contributed by atoms with E-state index in [9.17, 15) is 4.79 Å². The van der Waals surface area contributed by atoms with Crippen LogP contribution >= 0.6 is 23.1 Å². The van der Waals surface area contributed by atoms with Gasteiger partial charge in [0, 0.05) is 11.1 Å². The lowest BCUT2D eigenvalue weighted by Crippen LogP contribution is -2.32. The average molecular weight is 434 g/mol. The van der Waals surface area contributed by atoms with Gasteiger partial charge in [-0.1, -0.05) is 54.2 Å². The predicted molar refractivity (Wildman–Crippen MR) is 126 cm³/mol. The summed E-state index contributed by atoms with van der Waals surface area (Å²) in [5.74, 6) is 0.384. The highest BCUT2D eigenvalue weighted by Gasteiger charge is 2.21. The molecule has 152 valence electrons. The Hall–Kier alpha value is -2.70. The highest BCUT2D eigenvalue weighted by molar-refractivity contribution is 8.00. The molecule has 0 radical (unpaired) electrons. The number of carbonyl (C=O) groups is 1. The molecule has 4 nitrogen and oxygen atoms in total. The Labute approximate surface area is 185 Å². The van der Waals surface area contributed by atoms with E-state index < -0.39 is 0 Å². The van der Waals surface area contributed by atoms with Crippen molar-refractivity contribution in [1.29, 1.82) is 0 Å². The van der Waals surface area contributed by atoms with Crippen molar-refractivity contribution >= 4 is 44.4 Å². The second-order valence-electron chi connectivity index (χ2n) is 7.02. The number of amides is 1. The topological polar surface area (TPSA) is 46.1 Å². The summed E-state index contributed by atoms with van der Waals surface area (Å²) in [6, 6.07) is 20.2. The number of para-hydroxylation sites is 1. The first-order valence-electron chi connectivity index (χ1n) is 9.92. The van der Waals surface area contributed by atoms with Crippen LogP contribution in [0, 0.1) is 6.92 Å². The standard InChI is InChI=1S/C24H23N3OS2/c1-3-18-7-6-9-21-23(18)26-24(30-21)27(15-19-8-4-5-14-25-19)22(28)16-29-20-12-10-17(2)11-13-20/h4-14H,3,15-16H2,1-2H3. The van der Waals surface area contributed by atoms with Gasteiger partial charge in [0.15, 0.2) is 5.13 Å². The molecule has 0 saturated heterocycles. The molecule has 0 aliphatic heterocycles. The number of aryl methyl sites for hydroxylation is 2. The van der Waals surface area contributed by atoms with Crippen LogP contribution in [0.4, 0.5) is 5.13 Å². The number of pyridine rings is 1. The number of aromatic nitrogens is 2. The van der Waals surface area contributed by atoms with Crippen LogP contribution in [0.1, 0.15) is 23.7 Å². The van der Waals surface area contributed by atoms with Crippen LogP contribution in [-0.2, 0) is 17.8 Å². The van der Waals surface area contributed by atoms with Crippen LogP contribution in [0.2, 0.25) is 0 Å². The molecule has 0 unspecified atom stereocenters. The van der Waals surface area contributed by atoms with Gasteiger partial charge in [-0.15, -0.1) is 11.8 Å². The first-order valence-corrected chi connectivity index (χ1v) is 11.7. The molecule has 0 spiro atoms. The van der Waals surface area contributed by atoms with E-state index in [4.69, 9.17) is 4.98 Å². The van der Waals surface area contributed by atoms with E-state index in [-0.39, 0.29) is 5.91 Å². The van der Waals surface area contributed by atoms with Gasteiger partial charge in [0.1, 0.15) is 0 Å². The van der Waals surface area contributed by atoms with Crippen LogP contribution in [0.15, 0.2) is 71.8 Å². The van der Waals surface area contributed by atoms with E-state index in [0.29, 0.717) is 12.3 Å². The monoisotopic (exact) mass is 433 g/mol. The summed E-state index contributed by atoms with van der Waals surface area (Å²) in [7, 11) is 0. The Morgan fingerprint density at radius 3 is 2.63 bits per heavy atom. The lowest BCUT2D eigenvalue weighted by molar-refractivity contribution is -0.116. The fourth-order valence-electron chi connectivity index (χ4n) is 3.17. The smallest absolute Gasteiger partial charge is 0.239 e. The molecule has 1 amide bonds. The molecule has 6 heteroatoms. The Morgan fingerprint density at radius 1 is 1.07 bits per heavy atom. The normalized spacial score (nSPS) is 11.0. The number of hydrogen-bond donors (Lipinski definition) is 0. The second kappa shape index (κ2) is 9.41. The zero-order chi connectivity index (χ0) is 20.9. The van der Waals surface area contributed by atoms with E-state index in [1.165, 1.54) is 11.1 Å². The van der Waals surface area contributed by atoms with Crippen molar-refractivity contribution in [1.82, 2.24) is 9.97 Å². The van der Waals surface area contributed by atoms with Gasteiger partial charge >= 0.3 is 0 Å². The van der Waals surface area contributed by atoms with Crippen molar-refractivity contribution in [2.45, 2.75) is 31.7 Å². The lowest BCUT2D eigenvalue weighted by atomic mass is 10.1. The number of anilines is 1. The maximum absolute atomic E-state index is 13.3. The molecule has 2 heterocycles. The molecule has 0 aliphatic carbocycles. The first kappa shape index (κ1) is 20.6. The minimum absolute atomic E-state index is 0.0309. The maximum atomic E-state index is 13.3. The Morgan fingerprint density at radius 2 is 1.90 bits per heavy atom. The summed E-state index contributed by atoms with van der Waals surface area (Å²) < 4.78 is 1.11. The largest absolute Gasteiger partial charge is 0.281 e. The zero-order valence-electron chi connectivity index (χ0n) is 17.0. The number of benzene rings is 2. The molecule has 2 aromatic heterocycles. The summed E-state index contributed by atoms with van der Waals surface area (Å²) in [5.41, 5.74) is 4.25. The van der Waals surface area contributed by atoms with Gasteiger partial charge in [-0.3, -0.25) is 14.7 Å². The number of fused-ring (bicyclic) bond motifs is 1. The SMILES string of the molecule is CCc1cccc2sc(N(Cc3ccccn3)C(=O)CSc3ccc(C)cc3)nc12. The fourth-order valence-corrected chi connectivity index (χ4v) is 4.97. The van der Waals surface area contributed by atoms with Crippen molar-refractivity contribution in [3.63, 3.8) is 0 Å². The molecule has 0 bridgehead atoms. The summed E-state index contributed by atoms with van der Waals surface area (Å²) >= 11 is 3.11. The lowest BCUT2D eigenvalue weighted by Gasteiger charge is -2.19. The van der Waals surface area contributed by atoms with E-state index in [1.807, 2.05) is 18.2 Å². The third-order valence-electron chi connectivity index (χ3n) is 4.83. The maximum Gasteiger partial charge on any atom is 0.239 e. The fraction of sp³-hybridized carbons (Fsp3) is 0.208. The van der Waals surface area contributed by atoms with Gasteiger partial charge in [0.25, 0.3) is 0 Å². The second-order valence-corrected chi connectivity index (χ2v) is 9.07. The van der Waals surface area contributed by atoms with E-state index >= 15 is 0 Å². The minimum Gasteiger partial charge on any atom is -0.281 e. The summed E-state index contributed by atoms with van der Waals surface area (Å²) in [6.45, 7) is 4.60. The van der Waals surface area contributed by atoms with Crippen molar-refractivity contribution in [2.24, 2.45) is 0 Å². The number of nitrogens with zero attached hydrogens (tertiary/aromatic N) is 3.